The monoisotopic (exact) mass is 225 g/mol. The number of aryl methyl sites for hydroxylation is 1. The molecule has 5 nitrogen and oxygen atoms in total. The van der Waals surface area contributed by atoms with Crippen LogP contribution < -0.4 is 11.3 Å². The Balaban J connectivity index is 2.99. The fourth-order valence-electron chi connectivity index (χ4n) is 1.79. The lowest BCUT2D eigenvalue weighted by molar-refractivity contribution is 0.224. The van der Waals surface area contributed by atoms with Gasteiger partial charge in [-0.05, 0) is 18.3 Å². The van der Waals surface area contributed by atoms with Gasteiger partial charge in [0.25, 0.3) is 0 Å². The Morgan fingerprint density at radius 2 is 2.19 bits per heavy atom. The Labute approximate surface area is 97.4 Å². The van der Waals surface area contributed by atoms with Crippen molar-refractivity contribution in [2.75, 3.05) is 0 Å². The highest BCUT2D eigenvalue weighted by molar-refractivity contribution is 5.06. The molecule has 1 aromatic rings. The minimum atomic E-state index is 0.0825. The highest BCUT2D eigenvalue weighted by Gasteiger charge is 2.31. The molecule has 1 atom stereocenters. The number of hydrogen-bond donors (Lipinski definition) is 2. The summed E-state index contributed by atoms with van der Waals surface area (Å²) < 4.78 is 1.93. The van der Waals surface area contributed by atoms with Crippen LogP contribution in [-0.2, 0) is 6.54 Å². The van der Waals surface area contributed by atoms with Crippen molar-refractivity contribution in [2.24, 2.45) is 11.3 Å². The van der Waals surface area contributed by atoms with Crippen LogP contribution in [-0.4, -0.2) is 15.0 Å². The van der Waals surface area contributed by atoms with Crippen molar-refractivity contribution in [3.05, 3.63) is 11.9 Å². The van der Waals surface area contributed by atoms with Crippen molar-refractivity contribution in [3.8, 4) is 0 Å². The summed E-state index contributed by atoms with van der Waals surface area (Å²) in [5.41, 5.74) is 4.04. The van der Waals surface area contributed by atoms with Gasteiger partial charge in [-0.3, -0.25) is 11.3 Å². The Kier molecular flexibility index (Phi) is 4.44. The zero-order valence-corrected chi connectivity index (χ0v) is 10.7. The van der Waals surface area contributed by atoms with Crippen LogP contribution in [0.15, 0.2) is 6.20 Å². The summed E-state index contributed by atoms with van der Waals surface area (Å²) in [6, 6.07) is 0.0825. The Morgan fingerprint density at radius 3 is 2.69 bits per heavy atom. The molecule has 0 aromatic carbocycles. The molecule has 3 N–H and O–H groups in total. The van der Waals surface area contributed by atoms with E-state index in [2.05, 4.69) is 43.4 Å². The number of nitrogens with zero attached hydrogens (tertiary/aromatic N) is 3. The Morgan fingerprint density at radius 1 is 1.50 bits per heavy atom. The van der Waals surface area contributed by atoms with Gasteiger partial charge >= 0.3 is 0 Å². The summed E-state index contributed by atoms with van der Waals surface area (Å²) in [5, 5.41) is 8.07. The van der Waals surface area contributed by atoms with Crippen molar-refractivity contribution in [1.82, 2.24) is 20.4 Å². The summed E-state index contributed by atoms with van der Waals surface area (Å²) in [4.78, 5) is 0. The van der Waals surface area contributed by atoms with Crippen LogP contribution in [0.2, 0.25) is 0 Å². The topological polar surface area (TPSA) is 68.8 Å². The normalized spacial score (nSPS) is 14.1. The van der Waals surface area contributed by atoms with Crippen molar-refractivity contribution in [3.63, 3.8) is 0 Å². The van der Waals surface area contributed by atoms with Crippen LogP contribution in [0.1, 0.15) is 52.3 Å². The first-order valence-corrected chi connectivity index (χ1v) is 5.91. The quantitative estimate of drug-likeness (QED) is 0.570. The number of hydrogen-bond acceptors (Lipinski definition) is 4. The third-order valence-electron chi connectivity index (χ3n) is 3.24. The molecule has 0 spiro atoms. The number of nitrogens with one attached hydrogen (secondary N) is 1. The second-order valence-electron chi connectivity index (χ2n) is 4.82. The zero-order chi connectivity index (χ0) is 12.2. The maximum Gasteiger partial charge on any atom is 0.0775 e. The molecule has 1 heterocycles. The number of rotatable bonds is 6. The van der Waals surface area contributed by atoms with Crippen LogP contribution in [0.4, 0.5) is 0 Å². The predicted molar refractivity (Wildman–Crippen MR) is 64.4 cm³/mol. The first-order chi connectivity index (χ1) is 7.56. The summed E-state index contributed by atoms with van der Waals surface area (Å²) in [7, 11) is 0. The molecule has 0 saturated carbocycles. The van der Waals surface area contributed by atoms with E-state index in [9.17, 15) is 0 Å². The van der Waals surface area contributed by atoms with Gasteiger partial charge < -0.3 is 0 Å². The fourth-order valence-corrected chi connectivity index (χ4v) is 1.79. The van der Waals surface area contributed by atoms with Crippen LogP contribution >= 0.6 is 0 Å². The van der Waals surface area contributed by atoms with E-state index in [0.717, 1.165) is 25.1 Å². The zero-order valence-electron chi connectivity index (χ0n) is 10.7. The molecule has 0 saturated heterocycles. The molecule has 0 radical (unpaired) electrons. The first kappa shape index (κ1) is 13.1. The van der Waals surface area contributed by atoms with E-state index >= 15 is 0 Å². The number of nitrogens with two attached hydrogens (primary N) is 1. The number of aromatic nitrogens is 3. The molecule has 0 aliphatic heterocycles. The first-order valence-electron chi connectivity index (χ1n) is 5.91. The third-order valence-corrected chi connectivity index (χ3v) is 3.24. The summed E-state index contributed by atoms with van der Waals surface area (Å²) in [6.45, 7) is 9.56. The van der Waals surface area contributed by atoms with E-state index in [-0.39, 0.29) is 11.5 Å². The highest BCUT2D eigenvalue weighted by Crippen LogP contribution is 2.35. The Hall–Kier alpha value is -0.940. The van der Waals surface area contributed by atoms with E-state index in [0.29, 0.717) is 0 Å². The maximum absolute atomic E-state index is 5.67. The van der Waals surface area contributed by atoms with E-state index in [1.807, 2.05) is 4.68 Å². The number of hydrazine groups is 1. The molecule has 92 valence electrons. The second-order valence-corrected chi connectivity index (χ2v) is 4.82. The van der Waals surface area contributed by atoms with Crippen molar-refractivity contribution >= 4 is 0 Å². The lowest BCUT2D eigenvalue weighted by Crippen LogP contribution is -2.39. The molecule has 16 heavy (non-hydrogen) atoms. The molecule has 0 bridgehead atoms. The van der Waals surface area contributed by atoms with Gasteiger partial charge in [0, 0.05) is 6.54 Å². The fraction of sp³-hybridized carbons (Fsp3) is 0.818. The van der Waals surface area contributed by atoms with Gasteiger partial charge in [-0.15, -0.1) is 5.10 Å². The lowest BCUT2D eigenvalue weighted by atomic mass is 9.80. The Bertz CT molecular complexity index is 318. The molecule has 1 aromatic heterocycles. The van der Waals surface area contributed by atoms with E-state index in [1.54, 1.807) is 6.20 Å². The predicted octanol–water partition coefficient (Wildman–Crippen LogP) is 1.63. The molecule has 1 rings (SSSR count). The molecule has 0 fully saturated rings. The standard InChI is InChI=1S/C11H23N5/c1-5-7-16-9(8-13-15-16)10(14-12)11(3,4)6-2/h8,10,14H,5-7,12H2,1-4H3. The SMILES string of the molecule is CCCn1nncc1C(NN)C(C)(C)CC. The molecule has 0 amide bonds. The van der Waals surface area contributed by atoms with Gasteiger partial charge in [-0.25, -0.2) is 4.68 Å². The smallest absolute Gasteiger partial charge is 0.0775 e. The molecule has 1 unspecified atom stereocenters. The molecular formula is C11H23N5. The molecule has 0 aliphatic rings. The van der Waals surface area contributed by atoms with Gasteiger partial charge in [-0.1, -0.05) is 32.9 Å². The van der Waals surface area contributed by atoms with Crippen LogP contribution in [0.3, 0.4) is 0 Å². The summed E-state index contributed by atoms with van der Waals surface area (Å²) in [5.74, 6) is 5.67. The molecular weight excluding hydrogens is 202 g/mol. The van der Waals surface area contributed by atoms with E-state index in [1.165, 1.54) is 0 Å². The average Bonchev–Trinajstić information content (AvgIpc) is 2.68. The van der Waals surface area contributed by atoms with Gasteiger partial charge in [0.2, 0.25) is 0 Å². The lowest BCUT2D eigenvalue weighted by Gasteiger charge is -2.32. The van der Waals surface area contributed by atoms with Crippen LogP contribution in [0.25, 0.3) is 0 Å². The third kappa shape index (κ3) is 2.59. The highest BCUT2D eigenvalue weighted by atomic mass is 15.4. The van der Waals surface area contributed by atoms with Crippen molar-refractivity contribution < 1.29 is 0 Å². The average molecular weight is 225 g/mol. The summed E-state index contributed by atoms with van der Waals surface area (Å²) >= 11 is 0. The van der Waals surface area contributed by atoms with Crippen molar-refractivity contribution in [2.45, 2.75) is 53.1 Å². The van der Waals surface area contributed by atoms with Gasteiger partial charge in [0.15, 0.2) is 0 Å². The molecule has 0 aliphatic carbocycles. The van der Waals surface area contributed by atoms with Gasteiger partial charge in [0.1, 0.15) is 0 Å². The second kappa shape index (κ2) is 5.41. The van der Waals surface area contributed by atoms with Crippen LogP contribution in [0, 0.1) is 5.41 Å². The van der Waals surface area contributed by atoms with E-state index < -0.39 is 0 Å². The minimum Gasteiger partial charge on any atom is -0.271 e. The van der Waals surface area contributed by atoms with Gasteiger partial charge in [0.05, 0.1) is 17.9 Å². The summed E-state index contributed by atoms with van der Waals surface area (Å²) in [6.07, 6.45) is 3.89. The minimum absolute atomic E-state index is 0.0825. The van der Waals surface area contributed by atoms with Crippen molar-refractivity contribution in [1.29, 1.82) is 0 Å². The molecule has 5 heteroatoms. The van der Waals surface area contributed by atoms with E-state index in [4.69, 9.17) is 5.84 Å². The maximum atomic E-state index is 5.67. The largest absolute Gasteiger partial charge is 0.271 e. The van der Waals surface area contributed by atoms with Gasteiger partial charge in [-0.2, -0.15) is 0 Å². The van der Waals surface area contributed by atoms with Crippen LogP contribution in [0.5, 0.6) is 0 Å².